The minimum atomic E-state index is -0.504. The molecule has 2 aromatic carbocycles. The number of methoxy groups -OCH3 is 1. The summed E-state index contributed by atoms with van der Waals surface area (Å²) in [7, 11) is 1.56. The van der Waals surface area contributed by atoms with Crippen LogP contribution in [0.15, 0.2) is 51.4 Å². The molecular formula is C18H18Br2N2O5. The second-order valence-electron chi connectivity index (χ2n) is 5.20. The van der Waals surface area contributed by atoms with E-state index in [1.165, 1.54) is 0 Å². The fourth-order valence-electron chi connectivity index (χ4n) is 1.98. The van der Waals surface area contributed by atoms with Crippen molar-refractivity contribution in [3.8, 4) is 11.5 Å². The van der Waals surface area contributed by atoms with Crippen LogP contribution >= 0.6 is 31.9 Å². The Kier molecular flexibility index (Phi) is 8.56. The number of hydrogen-bond acceptors (Lipinski definition) is 5. The van der Waals surface area contributed by atoms with E-state index in [1.54, 1.807) is 49.6 Å². The molecule has 2 aromatic rings. The van der Waals surface area contributed by atoms with E-state index in [1.807, 2.05) is 0 Å². The van der Waals surface area contributed by atoms with Gasteiger partial charge in [-0.15, -0.1) is 0 Å². The maximum absolute atomic E-state index is 12.3. The number of halogens is 2. The van der Waals surface area contributed by atoms with E-state index in [-0.39, 0.29) is 6.61 Å². The number of hydrazine groups is 1. The first kappa shape index (κ1) is 21.2. The van der Waals surface area contributed by atoms with Crippen LogP contribution in [0.3, 0.4) is 0 Å². The van der Waals surface area contributed by atoms with Gasteiger partial charge in [0.25, 0.3) is 11.8 Å². The van der Waals surface area contributed by atoms with E-state index >= 15 is 0 Å². The molecule has 0 atom stereocenters. The molecule has 0 bridgehead atoms. The highest BCUT2D eigenvalue weighted by atomic mass is 79.9. The van der Waals surface area contributed by atoms with Crippen LogP contribution in [0.4, 0.5) is 0 Å². The van der Waals surface area contributed by atoms with Gasteiger partial charge in [-0.1, -0.05) is 28.1 Å². The first-order chi connectivity index (χ1) is 13.0. The number of hydrogen-bond donors (Lipinski definition) is 2. The molecule has 0 saturated carbocycles. The number of carbonyl (C=O) groups excluding carboxylic acids is 2. The highest BCUT2D eigenvalue weighted by Gasteiger charge is 2.13. The minimum absolute atomic E-state index is 0.257. The van der Waals surface area contributed by atoms with Crippen LogP contribution in [0, 0.1) is 0 Å². The van der Waals surface area contributed by atoms with Gasteiger partial charge >= 0.3 is 0 Å². The average molecular weight is 502 g/mol. The number of ether oxygens (including phenoxy) is 3. The monoisotopic (exact) mass is 500 g/mol. The lowest BCUT2D eigenvalue weighted by Crippen LogP contribution is -2.44. The Balaban J connectivity index is 1.85. The standard InChI is InChI=1S/C18H18Br2N2O5/c1-25-8-9-26-15-5-3-2-4-13(15)18(24)22-21-17(23)11-27-16-7-6-12(19)10-14(16)20/h2-7,10H,8-9,11H2,1H3,(H,21,23)(H,22,24). The van der Waals surface area contributed by atoms with Gasteiger partial charge in [0, 0.05) is 11.6 Å². The molecule has 144 valence electrons. The third-order valence-electron chi connectivity index (χ3n) is 3.24. The molecule has 2 N–H and O–H groups in total. The third kappa shape index (κ3) is 6.85. The summed E-state index contributed by atoms with van der Waals surface area (Å²) in [6.45, 7) is 0.450. The Hall–Kier alpha value is -2.10. The molecule has 0 heterocycles. The summed E-state index contributed by atoms with van der Waals surface area (Å²) >= 11 is 6.68. The molecule has 0 aromatic heterocycles. The molecule has 2 amide bonds. The van der Waals surface area contributed by atoms with E-state index in [9.17, 15) is 9.59 Å². The van der Waals surface area contributed by atoms with Crippen LogP contribution in [0.2, 0.25) is 0 Å². The van der Waals surface area contributed by atoms with Crippen LogP contribution in [0.25, 0.3) is 0 Å². The molecule has 0 aliphatic rings. The van der Waals surface area contributed by atoms with E-state index in [2.05, 4.69) is 42.7 Å². The lowest BCUT2D eigenvalue weighted by Gasteiger charge is -2.12. The number of amides is 2. The normalized spacial score (nSPS) is 10.2. The summed E-state index contributed by atoms with van der Waals surface area (Å²) in [5.41, 5.74) is 4.95. The summed E-state index contributed by atoms with van der Waals surface area (Å²) in [6, 6.07) is 12.0. The Labute approximate surface area is 173 Å². The number of benzene rings is 2. The second kappa shape index (κ2) is 10.9. The quantitative estimate of drug-likeness (QED) is 0.429. The summed E-state index contributed by atoms with van der Waals surface area (Å²) in [6.07, 6.45) is 0. The molecule has 0 aliphatic carbocycles. The lowest BCUT2D eigenvalue weighted by atomic mass is 10.2. The predicted octanol–water partition coefficient (Wildman–Crippen LogP) is 3.08. The molecule has 0 fully saturated rings. The van der Waals surface area contributed by atoms with Crippen molar-refractivity contribution >= 4 is 43.7 Å². The zero-order valence-electron chi connectivity index (χ0n) is 14.5. The number of carbonyl (C=O) groups is 2. The molecule has 27 heavy (non-hydrogen) atoms. The van der Waals surface area contributed by atoms with Crippen molar-refractivity contribution in [1.82, 2.24) is 10.9 Å². The van der Waals surface area contributed by atoms with Crippen molar-refractivity contribution in [3.63, 3.8) is 0 Å². The van der Waals surface area contributed by atoms with Gasteiger partial charge in [0.1, 0.15) is 18.1 Å². The molecule has 9 heteroatoms. The maximum atomic E-state index is 12.3. The fraction of sp³-hybridized carbons (Fsp3) is 0.222. The minimum Gasteiger partial charge on any atom is -0.490 e. The first-order valence-electron chi connectivity index (χ1n) is 7.89. The number of para-hydroxylation sites is 1. The molecule has 0 unspecified atom stereocenters. The van der Waals surface area contributed by atoms with Crippen molar-refractivity contribution in [1.29, 1.82) is 0 Å². The Morgan fingerprint density at radius 3 is 2.48 bits per heavy atom. The molecule has 7 nitrogen and oxygen atoms in total. The van der Waals surface area contributed by atoms with Crippen molar-refractivity contribution in [2.45, 2.75) is 0 Å². The third-order valence-corrected chi connectivity index (χ3v) is 4.36. The van der Waals surface area contributed by atoms with E-state index in [4.69, 9.17) is 14.2 Å². The molecule has 0 saturated heterocycles. The molecule has 0 aliphatic heterocycles. The number of rotatable bonds is 8. The fourth-order valence-corrected chi connectivity index (χ4v) is 3.14. The van der Waals surface area contributed by atoms with Gasteiger partial charge in [-0.3, -0.25) is 20.4 Å². The van der Waals surface area contributed by atoms with Gasteiger partial charge in [-0.05, 0) is 46.3 Å². The van der Waals surface area contributed by atoms with Crippen molar-refractivity contribution < 1.29 is 23.8 Å². The van der Waals surface area contributed by atoms with E-state index < -0.39 is 11.8 Å². The Morgan fingerprint density at radius 2 is 1.74 bits per heavy atom. The molecule has 0 radical (unpaired) electrons. The number of nitrogens with one attached hydrogen (secondary N) is 2. The van der Waals surface area contributed by atoms with E-state index in [0.29, 0.717) is 34.7 Å². The predicted molar refractivity (Wildman–Crippen MR) is 107 cm³/mol. The zero-order valence-corrected chi connectivity index (χ0v) is 17.6. The van der Waals surface area contributed by atoms with Crippen molar-refractivity contribution in [3.05, 3.63) is 57.0 Å². The topological polar surface area (TPSA) is 85.9 Å². The smallest absolute Gasteiger partial charge is 0.276 e. The summed E-state index contributed by atoms with van der Waals surface area (Å²) in [4.78, 5) is 24.2. The van der Waals surface area contributed by atoms with E-state index in [0.717, 1.165) is 4.47 Å². The Bertz CT molecular complexity index is 801. The van der Waals surface area contributed by atoms with Crippen LogP contribution in [-0.4, -0.2) is 38.7 Å². The summed E-state index contributed by atoms with van der Waals surface area (Å²) in [5.74, 6) is -0.0925. The van der Waals surface area contributed by atoms with Crippen LogP contribution in [0.1, 0.15) is 10.4 Å². The lowest BCUT2D eigenvalue weighted by molar-refractivity contribution is -0.123. The Morgan fingerprint density at radius 1 is 0.963 bits per heavy atom. The summed E-state index contributed by atoms with van der Waals surface area (Å²) in [5, 5.41) is 0. The first-order valence-corrected chi connectivity index (χ1v) is 9.47. The van der Waals surface area contributed by atoms with Gasteiger partial charge in [-0.2, -0.15) is 0 Å². The van der Waals surface area contributed by atoms with Crippen molar-refractivity contribution in [2.75, 3.05) is 26.9 Å². The van der Waals surface area contributed by atoms with Crippen LogP contribution in [-0.2, 0) is 9.53 Å². The summed E-state index contributed by atoms with van der Waals surface area (Å²) < 4.78 is 17.4. The maximum Gasteiger partial charge on any atom is 0.276 e. The highest BCUT2D eigenvalue weighted by molar-refractivity contribution is 9.11. The molecule has 0 spiro atoms. The highest BCUT2D eigenvalue weighted by Crippen LogP contribution is 2.28. The molecular weight excluding hydrogens is 484 g/mol. The van der Waals surface area contributed by atoms with Crippen LogP contribution in [0.5, 0.6) is 11.5 Å². The van der Waals surface area contributed by atoms with Crippen LogP contribution < -0.4 is 20.3 Å². The van der Waals surface area contributed by atoms with Gasteiger partial charge in [0.2, 0.25) is 0 Å². The second-order valence-corrected chi connectivity index (χ2v) is 6.97. The van der Waals surface area contributed by atoms with Gasteiger partial charge in [-0.25, -0.2) is 0 Å². The average Bonchev–Trinajstić information content (AvgIpc) is 2.66. The van der Waals surface area contributed by atoms with Gasteiger partial charge in [0.15, 0.2) is 6.61 Å². The van der Waals surface area contributed by atoms with Gasteiger partial charge < -0.3 is 14.2 Å². The largest absolute Gasteiger partial charge is 0.490 e. The molecule has 2 rings (SSSR count). The van der Waals surface area contributed by atoms with Gasteiger partial charge in [0.05, 0.1) is 16.6 Å². The zero-order chi connectivity index (χ0) is 19.6. The van der Waals surface area contributed by atoms with Crippen molar-refractivity contribution in [2.24, 2.45) is 0 Å². The SMILES string of the molecule is COCCOc1ccccc1C(=O)NNC(=O)COc1ccc(Br)cc1Br.